The summed E-state index contributed by atoms with van der Waals surface area (Å²) in [6, 6.07) is 11.9. The lowest BCUT2D eigenvalue weighted by atomic mass is 9.64. The van der Waals surface area contributed by atoms with Gasteiger partial charge in [-0.05, 0) is 111 Å². The number of carbonyl (C=O) groups is 1. The van der Waals surface area contributed by atoms with Crippen LogP contribution in [0.5, 0.6) is 5.75 Å². The van der Waals surface area contributed by atoms with Gasteiger partial charge in [-0.3, -0.25) is 9.52 Å². The largest absolute Gasteiger partial charge is 0.490 e. The summed E-state index contributed by atoms with van der Waals surface area (Å²) >= 11 is 8.10. The first kappa shape index (κ1) is 32.7. The zero-order chi connectivity index (χ0) is 33.0. The van der Waals surface area contributed by atoms with Gasteiger partial charge in [0.25, 0.3) is 5.91 Å². The van der Waals surface area contributed by atoms with Crippen molar-refractivity contribution in [2.45, 2.75) is 68.6 Å². The molecule has 0 saturated heterocycles. The zero-order valence-corrected chi connectivity index (χ0v) is 29.8. The van der Waals surface area contributed by atoms with Crippen LogP contribution in [-0.4, -0.2) is 53.0 Å². The van der Waals surface area contributed by atoms with Crippen molar-refractivity contribution in [2.24, 2.45) is 17.8 Å². The van der Waals surface area contributed by atoms with Crippen LogP contribution in [0.4, 0.5) is 5.69 Å². The number of fused-ring (bicyclic) bond motifs is 4. The van der Waals surface area contributed by atoms with E-state index in [0.29, 0.717) is 24.5 Å². The van der Waals surface area contributed by atoms with Gasteiger partial charge in [-0.2, -0.15) is 0 Å². The molecule has 3 aromatic rings. The molecule has 1 N–H and O–H groups in total. The van der Waals surface area contributed by atoms with Gasteiger partial charge >= 0.3 is 0 Å². The lowest BCUT2D eigenvalue weighted by Gasteiger charge is -2.49. The number of anilines is 1. The van der Waals surface area contributed by atoms with Crippen molar-refractivity contribution in [3.63, 3.8) is 0 Å². The molecule has 1 aromatic heterocycles. The molecule has 2 aromatic carbocycles. The first-order valence-corrected chi connectivity index (χ1v) is 19.7. The summed E-state index contributed by atoms with van der Waals surface area (Å²) in [6.45, 7) is 6.03. The predicted octanol–water partition coefficient (Wildman–Crippen LogP) is 7.18. The second kappa shape index (κ2) is 12.6. The number of benzene rings is 2. The maximum Gasteiger partial charge on any atom is 0.262 e. The van der Waals surface area contributed by atoms with Gasteiger partial charge in [0.05, 0.1) is 22.0 Å². The maximum absolute atomic E-state index is 13.9. The molecule has 7 atom stereocenters. The minimum absolute atomic E-state index is 0.00729. The Balaban J connectivity index is 1.35. The van der Waals surface area contributed by atoms with Crippen LogP contribution in [-0.2, 0) is 31.9 Å². The van der Waals surface area contributed by atoms with E-state index >= 15 is 0 Å². The molecule has 1 fully saturated rings. The minimum Gasteiger partial charge on any atom is -0.490 e. The second-order valence-corrected chi connectivity index (χ2v) is 17.8. The van der Waals surface area contributed by atoms with Crippen molar-refractivity contribution in [3.05, 3.63) is 86.8 Å². The molecule has 7 nitrogen and oxygen atoms in total. The molecule has 0 radical (unpaired) electrons. The van der Waals surface area contributed by atoms with Gasteiger partial charge in [0.15, 0.2) is 0 Å². The number of methoxy groups -OCH3 is 1. The smallest absolute Gasteiger partial charge is 0.262 e. The highest BCUT2D eigenvalue weighted by Crippen LogP contribution is 2.52. The summed E-state index contributed by atoms with van der Waals surface area (Å²) in [5.41, 5.74) is 3.02. The monoisotopic (exact) mass is 693 g/mol. The van der Waals surface area contributed by atoms with Crippen LogP contribution in [0.3, 0.4) is 0 Å². The molecule has 2 bridgehead atoms. The number of thiazole rings is 1. The van der Waals surface area contributed by atoms with E-state index in [9.17, 15) is 9.00 Å². The lowest BCUT2D eigenvalue weighted by molar-refractivity contribution is -0.0805. The van der Waals surface area contributed by atoms with E-state index in [2.05, 4.69) is 46.7 Å². The number of aromatic nitrogens is 1. The molecule has 1 spiro atoms. The molecular formula is C37H44ClN3O4S2. The first-order chi connectivity index (χ1) is 22.5. The van der Waals surface area contributed by atoms with Gasteiger partial charge in [0, 0.05) is 58.9 Å². The van der Waals surface area contributed by atoms with E-state index in [1.165, 1.54) is 11.1 Å². The van der Waals surface area contributed by atoms with Crippen LogP contribution in [0, 0.1) is 17.8 Å². The Kier molecular flexibility index (Phi) is 8.73. The van der Waals surface area contributed by atoms with Gasteiger partial charge in [-0.1, -0.05) is 30.7 Å². The number of carbonyl (C=O) groups excluding carboxylic acids is 1. The van der Waals surface area contributed by atoms with E-state index in [1.807, 2.05) is 36.7 Å². The number of hydrogen-bond donors (Lipinski definition) is 1. The molecule has 2 aliphatic heterocycles. The minimum atomic E-state index is -2.95. The Hall–Kier alpha value is -2.85. The fraction of sp³-hybridized carbons (Fsp3) is 0.486. The normalized spacial score (nSPS) is 34.6. The van der Waals surface area contributed by atoms with Gasteiger partial charge in [0.1, 0.15) is 16.4 Å². The molecule has 250 valence electrons. The zero-order valence-electron chi connectivity index (χ0n) is 27.4. The topological polar surface area (TPSA) is 80.8 Å². The third-order valence-electron chi connectivity index (χ3n) is 11.4. The van der Waals surface area contributed by atoms with Gasteiger partial charge in [-0.25, -0.2) is 9.19 Å². The Labute approximate surface area is 287 Å². The summed E-state index contributed by atoms with van der Waals surface area (Å²) in [5.74, 6) is 4.94. The summed E-state index contributed by atoms with van der Waals surface area (Å²) in [6.07, 6.45) is 12.0. The molecule has 4 aliphatic rings. The SMILES string of the molecule is C=S1(=O)NC(=O)c2ccc3c(c2)N(C[C@@H]2CC[C@H]2[C@@](OC)(c2nccs2)/C=C/C[C@H](C)[C@H]1C)C[C@@]1(CCCc2cc(Cl)ccc21)CO3. The summed E-state index contributed by atoms with van der Waals surface area (Å²) in [4.78, 5) is 20.9. The van der Waals surface area contributed by atoms with Crippen LogP contribution < -0.4 is 14.4 Å². The molecule has 2 aliphatic carbocycles. The number of nitrogens with zero attached hydrogens (tertiary/aromatic N) is 2. The summed E-state index contributed by atoms with van der Waals surface area (Å²) < 4.78 is 29.9. The average molecular weight is 694 g/mol. The molecule has 1 saturated carbocycles. The van der Waals surface area contributed by atoms with Crippen molar-refractivity contribution < 1.29 is 18.5 Å². The van der Waals surface area contributed by atoms with Crippen LogP contribution in [0.25, 0.3) is 0 Å². The van der Waals surface area contributed by atoms with Crippen molar-refractivity contribution in [3.8, 4) is 5.75 Å². The molecule has 3 heterocycles. The average Bonchev–Trinajstić information content (AvgIpc) is 3.54. The van der Waals surface area contributed by atoms with E-state index < -0.39 is 15.3 Å². The van der Waals surface area contributed by atoms with Gasteiger partial charge in [-0.15, -0.1) is 11.3 Å². The summed E-state index contributed by atoms with van der Waals surface area (Å²) in [5, 5.41) is 3.38. The quantitative estimate of drug-likeness (QED) is 0.226. The number of allylic oxidation sites excluding steroid dienone is 1. The fourth-order valence-electron chi connectivity index (χ4n) is 8.30. The third kappa shape index (κ3) is 5.81. The van der Waals surface area contributed by atoms with Crippen LogP contribution in [0.15, 0.2) is 60.1 Å². The van der Waals surface area contributed by atoms with Crippen LogP contribution in [0.2, 0.25) is 5.02 Å². The predicted molar refractivity (Wildman–Crippen MR) is 192 cm³/mol. The fourth-order valence-corrected chi connectivity index (χ4v) is 10.8. The Morgan fingerprint density at radius 3 is 2.81 bits per heavy atom. The number of amides is 1. The number of nitrogens with one attached hydrogen (secondary N) is 1. The maximum atomic E-state index is 13.9. The van der Waals surface area contributed by atoms with Gasteiger partial charge < -0.3 is 14.4 Å². The third-order valence-corrected chi connectivity index (χ3v) is 14.7. The number of aryl methyl sites for hydroxylation is 1. The second-order valence-electron chi connectivity index (χ2n) is 14.0. The molecule has 7 rings (SSSR count). The highest BCUT2D eigenvalue weighted by atomic mass is 35.5. The highest BCUT2D eigenvalue weighted by molar-refractivity contribution is 7.99. The van der Waals surface area contributed by atoms with Crippen LogP contribution in [0.1, 0.15) is 72.4 Å². The molecule has 10 heteroatoms. The van der Waals surface area contributed by atoms with E-state index in [1.54, 1.807) is 24.5 Å². The summed E-state index contributed by atoms with van der Waals surface area (Å²) in [7, 11) is -1.16. The highest BCUT2D eigenvalue weighted by Gasteiger charge is 2.51. The van der Waals surface area contributed by atoms with Gasteiger partial charge in [0.2, 0.25) is 0 Å². The van der Waals surface area contributed by atoms with Crippen molar-refractivity contribution in [2.75, 3.05) is 31.7 Å². The number of rotatable bonds is 2. The van der Waals surface area contributed by atoms with E-state index in [-0.39, 0.29) is 28.4 Å². The Morgan fingerprint density at radius 2 is 2.06 bits per heavy atom. The van der Waals surface area contributed by atoms with Crippen molar-refractivity contribution >= 4 is 50.1 Å². The number of ether oxygens (including phenoxy) is 2. The first-order valence-electron chi connectivity index (χ1n) is 16.7. The van der Waals surface area contributed by atoms with E-state index in [4.69, 9.17) is 26.1 Å². The standard InChI is InChI=1S/C37H44ClN3O4S2/c1-24-7-5-16-37(44-3,35-39-17-18-46-35)31-12-9-28(31)21-41-22-36(15-6-8-26-19-29(38)11-13-30(26)36)23-45-33-14-10-27(20-32(33)41)34(42)40-47(4,43)25(24)2/h5,10-11,13-14,16-20,24-25,28,31H,4,6-9,12,15,21-23H2,1-3H3,(H,40,42,43)/b16-5+/t24-,25+,28-,31+,36-,37+,47?/m0/s1. The molecule has 47 heavy (non-hydrogen) atoms. The number of hydrogen-bond acceptors (Lipinski definition) is 7. The van der Waals surface area contributed by atoms with Crippen molar-refractivity contribution in [1.82, 2.24) is 9.71 Å². The van der Waals surface area contributed by atoms with Crippen LogP contribution >= 0.6 is 22.9 Å². The van der Waals surface area contributed by atoms with E-state index in [0.717, 1.165) is 66.7 Å². The molecular weight excluding hydrogens is 650 g/mol. The Morgan fingerprint density at radius 1 is 1.21 bits per heavy atom. The number of halogens is 1. The molecule has 1 amide bonds. The van der Waals surface area contributed by atoms with Crippen molar-refractivity contribution in [1.29, 1.82) is 0 Å². The molecule has 1 unspecified atom stereocenters. The Bertz CT molecular complexity index is 1790. The lowest BCUT2D eigenvalue weighted by Crippen LogP contribution is -2.52.